The molecule has 0 spiro atoms. The van der Waals surface area contributed by atoms with Crippen LogP contribution in [-0.4, -0.2) is 31.1 Å². The van der Waals surface area contributed by atoms with Crippen LogP contribution in [0, 0.1) is 0 Å². The van der Waals surface area contributed by atoms with E-state index in [9.17, 15) is 0 Å². The Balaban J connectivity index is 1.91. The van der Waals surface area contributed by atoms with Gasteiger partial charge in [0.1, 0.15) is 0 Å². The molecule has 0 aromatic carbocycles. The van der Waals surface area contributed by atoms with E-state index >= 15 is 0 Å². The predicted molar refractivity (Wildman–Crippen MR) is 69.3 cm³/mol. The Kier molecular flexibility index (Phi) is 3.27. The molecular formula is C13H16N2OS. The van der Waals surface area contributed by atoms with Gasteiger partial charge < -0.3 is 9.73 Å². The lowest BCUT2D eigenvalue weighted by Crippen LogP contribution is -2.45. The molecule has 0 aliphatic carbocycles. The van der Waals surface area contributed by atoms with Crippen LogP contribution in [0.3, 0.4) is 0 Å². The summed E-state index contributed by atoms with van der Waals surface area (Å²) in [6.45, 7) is 4.32. The SMILES string of the molecule is c1csc([C@H](c2ccoc2)N2CCNCC2)c1. The molecule has 0 radical (unpaired) electrons. The Morgan fingerprint density at radius 1 is 1.29 bits per heavy atom. The first-order valence-electron chi connectivity index (χ1n) is 5.95. The van der Waals surface area contributed by atoms with Gasteiger partial charge in [-0.1, -0.05) is 6.07 Å². The van der Waals surface area contributed by atoms with Crippen LogP contribution in [0.2, 0.25) is 0 Å². The molecule has 1 saturated heterocycles. The number of thiophene rings is 1. The van der Waals surface area contributed by atoms with Gasteiger partial charge in [-0.05, 0) is 17.5 Å². The quantitative estimate of drug-likeness (QED) is 0.903. The van der Waals surface area contributed by atoms with E-state index in [1.165, 1.54) is 10.4 Å². The van der Waals surface area contributed by atoms with Crippen LogP contribution in [0.4, 0.5) is 0 Å². The van der Waals surface area contributed by atoms with E-state index in [4.69, 9.17) is 4.42 Å². The summed E-state index contributed by atoms with van der Waals surface area (Å²) in [5.74, 6) is 0. The molecule has 1 aliphatic rings. The summed E-state index contributed by atoms with van der Waals surface area (Å²) in [6, 6.07) is 6.77. The van der Waals surface area contributed by atoms with Crippen molar-refractivity contribution >= 4 is 11.3 Å². The highest BCUT2D eigenvalue weighted by Gasteiger charge is 2.25. The van der Waals surface area contributed by atoms with Crippen molar-refractivity contribution in [2.75, 3.05) is 26.2 Å². The number of hydrogen-bond acceptors (Lipinski definition) is 4. The summed E-state index contributed by atoms with van der Waals surface area (Å²) in [4.78, 5) is 3.92. The van der Waals surface area contributed by atoms with E-state index in [2.05, 4.69) is 33.8 Å². The van der Waals surface area contributed by atoms with Crippen LogP contribution in [0.1, 0.15) is 16.5 Å². The molecule has 2 aromatic rings. The monoisotopic (exact) mass is 248 g/mol. The summed E-state index contributed by atoms with van der Waals surface area (Å²) >= 11 is 1.82. The Bertz CT molecular complexity index is 398. The van der Waals surface area contributed by atoms with Gasteiger partial charge >= 0.3 is 0 Å². The highest BCUT2D eigenvalue weighted by Crippen LogP contribution is 2.32. The lowest BCUT2D eigenvalue weighted by Gasteiger charge is -2.33. The molecule has 90 valence electrons. The fraction of sp³-hybridized carbons (Fsp3) is 0.385. The number of rotatable bonds is 3. The van der Waals surface area contributed by atoms with Gasteiger partial charge in [-0.2, -0.15) is 0 Å². The van der Waals surface area contributed by atoms with Crippen LogP contribution >= 0.6 is 11.3 Å². The number of furan rings is 1. The minimum Gasteiger partial charge on any atom is -0.472 e. The van der Waals surface area contributed by atoms with Gasteiger partial charge in [0.15, 0.2) is 0 Å². The second-order valence-corrected chi connectivity index (χ2v) is 5.24. The van der Waals surface area contributed by atoms with Gasteiger partial charge in [-0.25, -0.2) is 0 Å². The molecule has 3 nitrogen and oxygen atoms in total. The molecule has 1 N–H and O–H groups in total. The molecule has 4 heteroatoms. The van der Waals surface area contributed by atoms with Gasteiger partial charge in [0.25, 0.3) is 0 Å². The third-order valence-electron chi connectivity index (χ3n) is 3.19. The van der Waals surface area contributed by atoms with E-state index in [-0.39, 0.29) is 0 Å². The third-order valence-corrected chi connectivity index (χ3v) is 4.11. The minimum absolute atomic E-state index is 0.357. The zero-order chi connectivity index (χ0) is 11.5. The Hall–Kier alpha value is -1.10. The molecule has 1 atom stereocenters. The second-order valence-electron chi connectivity index (χ2n) is 4.26. The van der Waals surface area contributed by atoms with Gasteiger partial charge in [0.05, 0.1) is 18.6 Å². The Morgan fingerprint density at radius 3 is 2.82 bits per heavy atom. The molecule has 1 fully saturated rings. The van der Waals surface area contributed by atoms with Gasteiger partial charge in [0.2, 0.25) is 0 Å². The van der Waals surface area contributed by atoms with Gasteiger partial charge in [-0.3, -0.25) is 4.90 Å². The van der Waals surface area contributed by atoms with Gasteiger partial charge in [-0.15, -0.1) is 11.3 Å². The van der Waals surface area contributed by atoms with Crippen LogP contribution in [0.5, 0.6) is 0 Å². The van der Waals surface area contributed by atoms with E-state index in [1.54, 1.807) is 6.26 Å². The van der Waals surface area contributed by atoms with Crippen molar-refractivity contribution in [3.8, 4) is 0 Å². The largest absolute Gasteiger partial charge is 0.472 e. The molecular weight excluding hydrogens is 232 g/mol. The van der Waals surface area contributed by atoms with Crippen molar-refractivity contribution in [3.05, 3.63) is 46.5 Å². The van der Waals surface area contributed by atoms with Gasteiger partial charge in [0, 0.05) is 36.6 Å². The van der Waals surface area contributed by atoms with Crippen LogP contribution in [0.25, 0.3) is 0 Å². The number of piperazine rings is 1. The van der Waals surface area contributed by atoms with E-state index < -0.39 is 0 Å². The van der Waals surface area contributed by atoms with Crippen LogP contribution in [0.15, 0.2) is 40.5 Å². The van der Waals surface area contributed by atoms with Crippen molar-refractivity contribution in [2.24, 2.45) is 0 Å². The fourth-order valence-corrected chi connectivity index (χ4v) is 3.26. The highest BCUT2D eigenvalue weighted by atomic mass is 32.1. The van der Waals surface area contributed by atoms with Crippen molar-refractivity contribution in [3.63, 3.8) is 0 Å². The smallest absolute Gasteiger partial charge is 0.0954 e. The first-order chi connectivity index (χ1) is 8.45. The summed E-state index contributed by atoms with van der Waals surface area (Å²) in [7, 11) is 0. The maximum Gasteiger partial charge on any atom is 0.0954 e. The number of hydrogen-bond donors (Lipinski definition) is 1. The van der Waals surface area contributed by atoms with Crippen molar-refractivity contribution in [2.45, 2.75) is 6.04 Å². The fourth-order valence-electron chi connectivity index (χ4n) is 2.37. The predicted octanol–water partition coefficient (Wildman–Crippen LogP) is 2.34. The van der Waals surface area contributed by atoms with E-state index in [1.807, 2.05) is 17.6 Å². The topological polar surface area (TPSA) is 28.4 Å². The summed E-state index contributed by atoms with van der Waals surface area (Å²) in [5, 5.41) is 5.54. The lowest BCUT2D eigenvalue weighted by molar-refractivity contribution is 0.200. The first kappa shape index (κ1) is 11.0. The third kappa shape index (κ3) is 2.29. The van der Waals surface area contributed by atoms with E-state index in [0.717, 1.165) is 26.2 Å². The number of nitrogens with one attached hydrogen (secondary N) is 1. The highest BCUT2D eigenvalue weighted by molar-refractivity contribution is 7.10. The average Bonchev–Trinajstić information content (AvgIpc) is 3.04. The normalized spacial score (nSPS) is 19.3. The molecule has 0 amide bonds. The summed E-state index contributed by atoms with van der Waals surface area (Å²) in [6.07, 6.45) is 3.63. The van der Waals surface area contributed by atoms with Crippen LogP contribution in [-0.2, 0) is 0 Å². The Labute approximate surface area is 105 Å². The molecule has 0 unspecified atom stereocenters. The zero-order valence-corrected chi connectivity index (χ0v) is 10.5. The second kappa shape index (κ2) is 5.04. The molecule has 3 rings (SSSR count). The summed E-state index contributed by atoms with van der Waals surface area (Å²) in [5.41, 5.74) is 1.26. The average molecular weight is 248 g/mol. The maximum atomic E-state index is 5.25. The molecule has 17 heavy (non-hydrogen) atoms. The molecule has 2 aromatic heterocycles. The van der Waals surface area contributed by atoms with Crippen LogP contribution < -0.4 is 5.32 Å². The van der Waals surface area contributed by atoms with Crippen molar-refractivity contribution < 1.29 is 4.42 Å². The molecule has 3 heterocycles. The first-order valence-corrected chi connectivity index (χ1v) is 6.83. The number of nitrogens with zero attached hydrogens (tertiary/aromatic N) is 1. The maximum absolute atomic E-state index is 5.25. The van der Waals surface area contributed by atoms with Crippen molar-refractivity contribution in [1.29, 1.82) is 0 Å². The summed E-state index contributed by atoms with van der Waals surface area (Å²) < 4.78 is 5.25. The van der Waals surface area contributed by atoms with Crippen molar-refractivity contribution in [1.82, 2.24) is 10.2 Å². The van der Waals surface area contributed by atoms with E-state index in [0.29, 0.717) is 6.04 Å². The lowest BCUT2D eigenvalue weighted by atomic mass is 10.1. The Morgan fingerprint density at radius 2 is 2.18 bits per heavy atom. The molecule has 0 saturated carbocycles. The molecule has 0 bridgehead atoms. The molecule has 1 aliphatic heterocycles. The minimum atomic E-state index is 0.357. The standard InChI is InChI=1S/C13H16N2OS/c1-2-12(17-9-1)13(11-3-8-16-10-11)15-6-4-14-5-7-15/h1-3,8-10,13-14H,4-7H2/t13-/m0/s1. The zero-order valence-electron chi connectivity index (χ0n) is 9.63.